The minimum absolute atomic E-state index is 0.102. The van der Waals surface area contributed by atoms with E-state index in [1.165, 1.54) is 6.20 Å². The van der Waals surface area contributed by atoms with Gasteiger partial charge in [-0.15, -0.1) is 0 Å². The molecule has 4 rings (SSSR count). The van der Waals surface area contributed by atoms with E-state index in [0.29, 0.717) is 11.7 Å². The van der Waals surface area contributed by atoms with Crippen LogP contribution in [0.1, 0.15) is 40.5 Å². The zero-order chi connectivity index (χ0) is 20.8. The van der Waals surface area contributed by atoms with Crippen molar-refractivity contribution in [3.63, 3.8) is 0 Å². The van der Waals surface area contributed by atoms with Crippen molar-refractivity contribution in [3.05, 3.63) is 42.5 Å². The number of hydrogen-bond acceptors (Lipinski definition) is 5. The lowest BCUT2D eigenvalue weighted by molar-refractivity contribution is 0.231. The van der Waals surface area contributed by atoms with Crippen molar-refractivity contribution in [2.45, 2.75) is 52.7 Å². The zero-order valence-electron chi connectivity index (χ0n) is 17.6. The highest BCUT2D eigenvalue weighted by molar-refractivity contribution is 5.63. The van der Waals surface area contributed by atoms with Crippen LogP contribution in [-0.4, -0.2) is 39.6 Å². The standard InChI is InChI=1S/C20H24FN5O.C2H6/c1-13(2)27-18-9-20-23-11-17(26(20)12-15(18)21)16-6-3-7-19(25-16)24-14-5-4-8-22-10-14;1-2/h3,6-7,9,11-14,22H,4-5,8,10H2,1-2H3,(H,24,25);1-2H3. The van der Waals surface area contributed by atoms with Crippen LogP contribution in [0.3, 0.4) is 0 Å². The van der Waals surface area contributed by atoms with E-state index in [2.05, 4.69) is 15.6 Å². The molecule has 1 aliphatic heterocycles. The summed E-state index contributed by atoms with van der Waals surface area (Å²) in [6, 6.07) is 7.80. The van der Waals surface area contributed by atoms with Crippen molar-refractivity contribution in [1.29, 1.82) is 0 Å². The number of hydrogen-bond donors (Lipinski definition) is 2. The van der Waals surface area contributed by atoms with Crippen molar-refractivity contribution < 1.29 is 9.13 Å². The van der Waals surface area contributed by atoms with Gasteiger partial charge in [0.15, 0.2) is 11.6 Å². The van der Waals surface area contributed by atoms with Crippen LogP contribution in [0.15, 0.2) is 36.7 Å². The summed E-state index contributed by atoms with van der Waals surface area (Å²) < 4.78 is 21.6. The minimum Gasteiger partial charge on any atom is -0.488 e. The second-order valence-corrected chi connectivity index (χ2v) is 7.12. The van der Waals surface area contributed by atoms with E-state index in [0.717, 1.165) is 43.1 Å². The van der Waals surface area contributed by atoms with Gasteiger partial charge in [0.25, 0.3) is 0 Å². The molecule has 1 fully saturated rings. The Morgan fingerprint density at radius 2 is 2.14 bits per heavy atom. The molecule has 3 aromatic heterocycles. The van der Waals surface area contributed by atoms with Crippen LogP contribution >= 0.6 is 0 Å². The average Bonchev–Trinajstić information content (AvgIpc) is 3.13. The van der Waals surface area contributed by atoms with Crippen LogP contribution in [0.4, 0.5) is 10.2 Å². The lowest BCUT2D eigenvalue weighted by atomic mass is 10.1. The highest BCUT2D eigenvalue weighted by atomic mass is 19.1. The van der Waals surface area contributed by atoms with Gasteiger partial charge in [0.05, 0.1) is 29.9 Å². The van der Waals surface area contributed by atoms with E-state index in [1.807, 2.05) is 45.9 Å². The lowest BCUT2D eigenvalue weighted by Gasteiger charge is -2.24. The number of rotatable bonds is 5. The van der Waals surface area contributed by atoms with Gasteiger partial charge >= 0.3 is 0 Å². The van der Waals surface area contributed by atoms with Gasteiger partial charge in [-0.25, -0.2) is 14.4 Å². The third-order valence-corrected chi connectivity index (χ3v) is 4.59. The van der Waals surface area contributed by atoms with Gasteiger partial charge in [0.1, 0.15) is 11.5 Å². The summed E-state index contributed by atoms with van der Waals surface area (Å²) in [5.41, 5.74) is 2.11. The SMILES string of the molecule is CC.CC(C)Oc1cc2ncc(-c3cccc(NC4CCCNC4)n3)n2cc1F. The number of aromatic nitrogens is 3. The van der Waals surface area contributed by atoms with E-state index in [1.54, 1.807) is 16.7 Å². The highest BCUT2D eigenvalue weighted by Gasteiger charge is 2.15. The average molecular weight is 400 g/mol. The van der Waals surface area contributed by atoms with Gasteiger partial charge in [-0.2, -0.15) is 0 Å². The topological polar surface area (TPSA) is 63.5 Å². The fourth-order valence-corrected chi connectivity index (χ4v) is 3.36. The van der Waals surface area contributed by atoms with E-state index in [-0.39, 0.29) is 11.9 Å². The Hall–Kier alpha value is -2.67. The van der Waals surface area contributed by atoms with Crippen LogP contribution in [0.25, 0.3) is 17.0 Å². The molecule has 1 unspecified atom stereocenters. The first-order valence-corrected chi connectivity index (χ1v) is 10.4. The summed E-state index contributed by atoms with van der Waals surface area (Å²) in [6.07, 6.45) is 5.29. The Balaban J connectivity index is 0.00000117. The molecule has 156 valence electrons. The van der Waals surface area contributed by atoms with E-state index < -0.39 is 5.82 Å². The maximum Gasteiger partial charge on any atom is 0.181 e. The summed E-state index contributed by atoms with van der Waals surface area (Å²) in [7, 11) is 0. The second kappa shape index (κ2) is 9.69. The van der Waals surface area contributed by atoms with Gasteiger partial charge < -0.3 is 15.4 Å². The molecule has 7 heteroatoms. The van der Waals surface area contributed by atoms with Gasteiger partial charge in [0, 0.05) is 18.7 Å². The van der Waals surface area contributed by atoms with Crippen molar-refractivity contribution in [2.24, 2.45) is 0 Å². The molecule has 6 nitrogen and oxygen atoms in total. The van der Waals surface area contributed by atoms with Crippen LogP contribution in [0.2, 0.25) is 0 Å². The molecule has 0 saturated carbocycles. The monoisotopic (exact) mass is 399 g/mol. The first kappa shape index (κ1) is 21.0. The fraction of sp³-hybridized carbons (Fsp3) is 0.455. The number of fused-ring (bicyclic) bond motifs is 1. The number of imidazole rings is 1. The fourth-order valence-electron chi connectivity index (χ4n) is 3.36. The Morgan fingerprint density at radius 3 is 2.86 bits per heavy atom. The quantitative estimate of drug-likeness (QED) is 0.661. The molecule has 0 aromatic carbocycles. The lowest BCUT2D eigenvalue weighted by Crippen LogP contribution is -2.38. The summed E-state index contributed by atoms with van der Waals surface area (Å²) in [4.78, 5) is 9.10. The highest BCUT2D eigenvalue weighted by Crippen LogP contribution is 2.26. The number of anilines is 1. The molecule has 0 bridgehead atoms. The van der Waals surface area contributed by atoms with Gasteiger partial charge in [0.2, 0.25) is 0 Å². The van der Waals surface area contributed by atoms with Crippen LogP contribution in [0, 0.1) is 5.82 Å². The molecule has 29 heavy (non-hydrogen) atoms. The first-order valence-electron chi connectivity index (χ1n) is 10.4. The Labute approximate surface area is 171 Å². The van der Waals surface area contributed by atoms with Gasteiger partial charge in [-0.3, -0.25) is 4.40 Å². The summed E-state index contributed by atoms with van der Waals surface area (Å²) >= 11 is 0. The summed E-state index contributed by atoms with van der Waals surface area (Å²) in [5.74, 6) is 0.609. The molecule has 0 spiro atoms. The maximum absolute atomic E-state index is 14.4. The zero-order valence-corrected chi connectivity index (χ0v) is 17.6. The minimum atomic E-state index is -0.419. The molecule has 4 heterocycles. The normalized spacial score (nSPS) is 16.4. The predicted octanol–water partition coefficient (Wildman–Crippen LogP) is 4.51. The van der Waals surface area contributed by atoms with E-state index >= 15 is 0 Å². The molecule has 0 radical (unpaired) electrons. The molecular formula is C22H30FN5O. The largest absolute Gasteiger partial charge is 0.488 e. The van der Waals surface area contributed by atoms with Crippen molar-refractivity contribution >= 4 is 11.5 Å². The van der Waals surface area contributed by atoms with Gasteiger partial charge in [-0.1, -0.05) is 19.9 Å². The number of pyridine rings is 2. The molecule has 0 amide bonds. The van der Waals surface area contributed by atoms with Crippen molar-refractivity contribution in [2.75, 3.05) is 18.4 Å². The summed E-state index contributed by atoms with van der Waals surface area (Å²) in [6.45, 7) is 9.74. The van der Waals surface area contributed by atoms with E-state index in [4.69, 9.17) is 9.72 Å². The smallest absolute Gasteiger partial charge is 0.181 e. The third kappa shape index (κ3) is 5.03. The number of ether oxygens (including phenoxy) is 1. The van der Waals surface area contributed by atoms with Crippen molar-refractivity contribution in [1.82, 2.24) is 19.7 Å². The number of piperidine rings is 1. The molecule has 3 aromatic rings. The van der Waals surface area contributed by atoms with Crippen molar-refractivity contribution in [3.8, 4) is 17.1 Å². The molecule has 0 aliphatic carbocycles. The maximum atomic E-state index is 14.4. The summed E-state index contributed by atoms with van der Waals surface area (Å²) in [5, 5.41) is 6.86. The third-order valence-electron chi connectivity index (χ3n) is 4.59. The molecule has 2 N–H and O–H groups in total. The van der Waals surface area contributed by atoms with E-state index in [9.17, 15) is 4.39 Å². The molecular weight excluding hydrogens is 369 g/mol. The Kier molecular flexibility index (Phi) is 7.04. The Morgan fingerprint density at radius 1 is 1.31 bits per heavy atom. The molecule has 1 atom stereocenters. The number of halogens is 1. The molecule has 1 saturated heterocycles. The van der Waals surface area contributed by atoms with Crippen LogP contribution in [0.5, 0.6) is 5.75 Å². The second-order valence-electron chi connectivity index (χ2n) is 7.12. The van der Waals surface area contributed by atoms with Gasteiger partial charge in [-0.05, 0) is 45.4 Å². The molecule has 1 aliphatic rings. The first-order chi connectivity index (χ1) is 14.1. The van der Waals surface area contributed by atoms with Crippen LogP contribution < -0.4 is 15.4 Å². The number of nitrogens with zero attached hydrogens (tertiary/aromatic N) is 3. The Bertz CT molecular complexity index is 934. The number of nitrogens with one attached hydrogen (secondary N) is 2. The van der Waals surface area contributed by atoms with Crippen LogP contribution in [-0.2, 0) is 0 Å². The predicted molar refractivity (Wildman–Crippen MR) is 115 cm³/mol.